The molecule has 2 aromatic rings. The molecule has 1 saturated heterocycles. The number of methoxy groups -OCH3 is 1. The first-order valence-corrected chi connectivity index (χ1v) is 10.7. The predicted octanol–water partition coefficient (Wildman–Crippen LogP) is 4.23. The average Bonchev–Trinajstić information content (AvgIpc) is 2.96. The van der Waals surface area contributed by atoms with Gasteiger partial charge in [-0.3, -0.25) is 4.79 Å². The zero-order valence-electron chi connectivity index (χ0n) is 20.2. The SMILES string of the molecule is COc1ccc(N2CCN(c3c(C)c(C)c4c(c3C)C(=O)C(C)(C)O4)CC2)cc1C.[Na]. The summed E-state index contributed by atoms with van der Waals surface area (Å²) in [6.45, 7) is 15.8. The summed E-state index contributed by atoms with van der Waals surface area (Å²) in [5.74, 6) is 1.79. The first-order chi connectivity index (χ1) is 14.2. The first-order valence-electron chi connectivity index (χ1n) is 10.7. The van der Waals surface area contributed by atoms with Crippen molar-refractivity contribution < 1.29 is 14.3 Å². The molecule has 31 heavy (non-hydrogen) atoms. The summed E-state index contributed by atoms with van der Waals surface area (Å²) in [6, 6.07) is 6.38. The van der Waals surface area contributed by atoms with Crippen molar-refractivity contribution >= 4 is 46.7 Å². The van der Waals surface area contributed by atoms with Crippen LogP contribution in [0.4, 0.5) is 11.4 Å². The van der Waals surface area contributed by atoms with E-state index in [2.05, 4.69) is 49.6 Å². The number of anilines is 2. The van der Waals surface area contributed by atoms with Crippen LogP contribution in [0.1, 0.15) is 46.5 Å². The predicted molar refractivity (Wildman–Crippen MR) is 128 cm³/mol. The molecule has 0 spiro atoms. The van der Waals surface area contributed by atoms with Gasteiger partial charge in [-0.1, -0.05) is 0 Å². The van der Waals surface area contributed by atoms with E-state index in [-0.39, 0.29) is 35.3 Å². The van der Waals surface area contributed by atoms with E-state index in [0.29, 0.717) is 0 Å². The fourth-order valence-corrected chi connectivity index (χ4v) is 4.83. The molecule has 0 unspecified atom stereocenters. The van der Waals surface area contributed by atoms with Crippen LogP contribution in [0.2, 0.25) is 0 Å². The number of piperazine rings is 1. The van der Waals surface area contributed by atoms with Gasteiger partial charge < -0.3 is 19.3 Å². The van der Waals surface area contributed by atoms with Crippen molar-refractivity contribution in [2.75, 3.05) is 43.1 Å². The summed E-state index contributed by atoms with van der Waals surface area (Å²) in [6.07, 6.45) is 0. The Hall–Kier alpha value is -1.69. The minimum atomic E-state index is -0.784. The number of nitrogens with zero attached hydrogens (tertiary/aromatic N) is 2. The number of benzene rings is 2. The van der Waals surface area contributed by atoms with Crippen LogP contribution in [0.5, 0.6) is 11.5 Å². The van der Waals surface area contributed by atoms with E-state index in [1.54, 1.807) is 7.11 Å². The number of hydrogen-bond acceptors (Lipinski definition) is 5. The molecule has 2 heterocycles. The maximum Gasteiger partial charge on any atom is 0.209 e. The fourth-order valence-electron chi connectivity index (χ4n) is 4.83. The zero-order chi connectivity index (χ0) is 21.8. The fraction of sp³-hybridized carbons (Fsp3) is 0.480. The van der Waals surface area contributed by atoms with Gasteiger partial charge in [0.25, 0.3) is 0 Å². The molecule has 0 N–H and O–H groups in total. The minimum Gasteiger partial charge on any atom is -0.496 e. The quantitative estimate of drug-likeness (QED) is 0.681. The molecule has 1 radical (unpaired) electrons. The number of carbonyl (C=O) groups is 1. The Bertz CT molecular complexity index is 1020. The summed E-state index contributed by atoms with van der Waals surface area (Å²) in [5.41, 5.74) is 6.92. The molecule has 6 heteroatoms. The van der Waals surface area contributed by atoms with Crippen LogP contribution in [-0.2, 0) is 0 Å². The molecular formula is C25H32N2NaO3. The largest absolute Gasteiger partial charge is 0.496 e. The van der Waals surface area contributed by atoms with Gasteiger partial charge in [-0.05, 0) is 82.0 Å². The van der Waals surface area contributed by atoms with Crippen LogP contribution in [0, 0.1) is 27.7 Å². The number of carbonyl (C=O) groups excluding carboxylic acids is 1. The van der Waals surface area contributed by atoms with E-state index in [4.69, 9.17) is 9.47 Å². The average molecular weight is 432 g/mol. The Balaban J connectivity index is 0.00000272. The molecule has 2 aliphatic rings. The van der Waals surface area contributed by atoms with Crippen molar-refractivity contribution in [1.29, 1.82) is 0 Å². The van der Waals surface area contributed by atoms with Crippen LogP contribution >= 0.6 is 0 Å². The van der Waals surface area contributed by atoms with Gasteiger partial charge in [-0.15, -0.1) is 0 Å². The molecule has 0 amide bonds. The number of Topliss-reactive ketones (excluding diaryl/α,β-unsaturated/α-hetero) is 1. The Labute approximate surface area is 208 Å². The maximum absolute atomic E-state index is 13.0. The van der Waals surface area contributed by atoms with E-state index in [1.807, 2.05) is 19.9 Å². The summed E-state index contributed by atoms with van der Waals surface area (Å²) < 4.78 is 11.5. The topological polar surface area (TPSA) is 42.0 Å². The van der Waals surface area contributed by atoms with Gasteiger partial charge in [-0.2, -0.15) is 0 Å². The van der Waals surface area contributed by atoms with Gasteiger partial charge in [0, 0.05) is 67.1 Å². The molecule has 2 aliphatic heterocycles. The van der Waals surface area contributed by atoms with E-state index in [9.17, 15) is 4.79 Å². The number of rotatable bonds is 3. The smallest absolute Gasteiger partial charge is 0.209 e. The van der Waals surface area contributed by atoms with Gasteiger partial charge >= 0.3 is 0 Å². The van der Waals surface area contributed by atoms with Crippen LogP contribution in [0.3, 0.4) is 0 Å². The molecule has 2 aromatic carbocycles. The van der Waals surface area contributed by atoms with Crippen molar-refractivity contribution in [2.24, 2.45) is 0 Å². The van der Waals surface area contributed by atoms with Gasteiger partial charge in [0.1, 0.15) is 11.5 Å². The second kappa shape index (κ2) is 8.68. The van der Waals surface area contributed by atoms with Gasteiger partial charge in [0.05, 0.1) is 12.7 Å². The number of hydrogen-bond donors (Lipinski definition) is 0. The number of ether oxygens (including phenoxy) is 2. The molecule has 1 fully saturated rings. The Morgan fingerprint density at radius 3 is 2.13 bits per heavy atom. The Morgan fingerprint density at radius 2 is 1.55 bits per heavy atom. The van der Waals surface area contributed by atoms with Crippen molar-refractivity contribution in [3.05, 3.63) is 46.0 Å². The molecule has 5 nitrogen and oxygen atoms in total. The van der Waals surface area contributed by atoms with Crippen molar-refractivity contribution in [3.63, 3.8) is 0 Å². The summed E-state index contributed by atoms with van der Waals surface area (Å²) in [5, 5.41) is 0. The number of aryl methyl sites for hydroxylation is 1. The standard InChI is InChI=1S/C25H32N2O3.Na/c1-15-14-19(8-9-20(15)29-7)26-10-12-27(13-11-26)22-16(2)17(3)23-21(18(22)4)24(28)25(5,6)30-23;/h8-9,14H,10-13H2,1-7H3;. The molecule has 0 aliphatic carbocycles. The third-order valence-corrected chi connectivity index (χ3v) is 6.69. The van der Waals surface area contributed by atoms with Crippen molar-refractivity contribution in [3.8, 4) is 11.5 Å². The van der Waals surface area contributed by atoms with E-state index in [0.717, 1.165) is 59.9 Å². The van der Waals surface area contributed by atoms with E-state index < -0.39 is 5.60 Å². The molecule has 0 saturated carbocycles. The second-order valence-corrected chi connectivity index (χ2v) is 9.00. The van der Waals surface area contributed by atoms with E-state index in [1.165, 1.54) is 16.9 Å². The molecule has 161 valence electrons. The molecule has 0 atom stereocenters. The number of ketones is 1. The molecular weight excluding hydrogens is 399 g/mol. The van der Waals surface area contributed by atoms with Gasteiger partial charge in [0.2, 0.25) is 5.78 Å². The first kappa shape index (κ1) is 24.0. The molecule has 0 aromatic heterocycles. The normalized spacial score (nSPS) is 17.2. The minimum absolute atomic E-state index is 0. The third-order valence-electron chi connectivity index (χ3n) is 6.69. The third kappa shape index (κ3) is 3.96. The van der Waals surface area contributed by atoms with Crippen LogP contribution < -0.4 is 19.3 Å². The van der Waals surface area contributed by atoms with Crippen LogP contribution in [0.25, 0.3) is 0 Å². The molecule has 0 bridgehead atoms. The maximum atomic E-state index is 13.0. The van der Waals surface area contributed by atoms with Gasteiger partial charge in [-0.25, -0.2) is 0 Å². The Kier molecular flexibility index (Phi) is 6.71. The van der Waals surface area contributed by atoms with Crippen LogP contribution in [0.15, 0.2) is 18.2 Å². The number of fused-ring (bicyclic) bond motifs is 1. The van der Waals surface area contributed by atoms with Crippen molar-refractivity contribution in [1.82, 2.24) is 0 Å². The van der Waals surface area contributed by atoms with Gasteiger partial charge in [0.15, 0.2) is 5.60 Å². The monoisotopic (exact) mass is 431 g/mol. The summed E-state index contributed by atoms with van der Waals surface area (Å²) >= 11 is 0. The second-order valence-electron chi connectivity index (χ2n) is 9.00. The summed E-state index contributed by atoms with van der Waals surface area (Å²) in [7, 11) is 1.71. The molecule has 4 rings (SSSR count). The van der Waals surface area contributed by atoms with Crippen LogP contribution in [-0.4, -0.2) is 74.2 Å². The summed E-state index contributed by atoms with van der Waals surface area (Å²) in [4.78, 5) is 17.9. The Morgan fingerprint density at radius 1 is 0.935 bits per heavy atom. The van der Waals surface area contributed by atoms with Crippen molar-refractivity contribution in [2.45, 2.75) is 47.1 Å². The zero-order valence-corrected chi connectivity index (χ0v) is 22.2. The van der Waals surface area contributed by atoms with E-state index >= 15 is 0 Å².